The monoisotopic (exact) mass is 318 g/mol. The first-order chi connectivity index (χ1) is 10.3. The number of halogens is 1. The summed E-state index contributed by atoms with van der Waals surface area (Å²) in [5.74, 6) is 1.29. The van der Waals surface area contributed by atoms with Gasteiger partial charge in [-0.1, -0.05) is 18.2 Å². The summed E-state index contributed by atoms with van der Waals surface area (Å²) in [6.07, 6.45) is 1.85. The van der Waals surface area contributed by atoms with Gasteiger partial charge in [0.15, 0.2) is 5.69 Å². The molecule has 1 amide bonds. The maximum Gasteiger partial charge on any atom is 0.274 e. The molecule has 3 heterocycles. The van der Waals surface area contributed by atoms with Gasteiger partial charge in [0.2, 0.25) is 0 Å². The Bertz CT molecular complexity index is 645. The third-order valence-corrected chi connectivity index (χ3v) is 4.51. The second-order valence-electron chi connectivity index (χ2n) is 5.87. The largest absolute Gasteiger partial charge is 0.337 e. The van der Waals surface area contributed by atoms with Crippen molar-refractivity contribution in [3.05, 3.63) is 48.3 Å². The van der Waals surface area contributed by atoms with Crippen LogP contribution < -0.4 is 5.32 Å². The van der Waals surface area contributed by atoms with Crippen molar-refractivity contribution >= 4 is 18.3 Å². The molecule has 2 saturated heterocycles. The summed E-state index contributed by atoms with van der Waals surface area (Å²) in [6, 6.07) is 11.7. The minimum atomic E-state index is 0. The highest BCUT2D eigenvalue weighted by Gasteiger charge is 2.38. The van der Waals surface area contributed by atoms with Crippen molar-refractivity contribution < 1.29 is 4.79 Å². The Morgan fingerprint density at radius 2 is 1.77 bits per heavy atom. The third kappa shape index (κ3) is 2.62. The van der Waals surface area contributed by atoms with Crippen LogP contribution in [0.1, 0.15) is 10.5 Å². The number of hydrogen-bond donors (Lipinski definition) is 1. The first-order valence-corrected chi connectivity index (χ1v) is 7.42. The average molecular weight is 319 g/mol. The molecule has 2 aliphatic heterocycles. The molecule has 1 aromatic heterocycles. The highest BCUT2D eigenvalue weighted by Crippen LogP contribution is 2.27. The second kappa shape index (κ2) is 6.10. The quantitative estimate of drug-likeness (QED) is 0.915. The molecule has 1 N–H and O–H groups in total. The predicted molar refractivity (Wildman–Crippen MR) is 86.6 cm³/mol. The van der Waals surface area contributed by atoms with Gasteiger partial charge in [0, 0.05) is 32.4 Å². The number of fused-ring (bicyclic) bond motifs is 1. The molecule has 0 saturated carbocycles. The topological polar surface area (TPSA) is 50.2 Å². The maximum atomic E-state index is 12.6. The zero-order valence-electron chi connectivity index (χ0n) is 12.2. The molecule has 0 aliphatic carbocycles. The molecule has 0 radical (unpaired) electrons. The van der Waals surface area contributed by atoms with E-state index in [-0.39, 0.29) is 18.3 Å². The number of benzene rings is 1. The van der Waals surface area contributed by atoms with E-state index in [0.717, 1.165) is 31.9 Å². The van der Waals surface area contributed by atoms with Gasteiger partial charge >= 0.3 is 0 Å². The number of para-hydroxylation sites is 1. The van der Waals surface area contributed by atoms with Crippen LogP contribution in [0, 0.1) is 11.8 Å². The van der Waals surface area contributed by atoms with Gasteiger partial charge in [-0.3, -0.25) is 4.79 Å². The standard InChI is InChI=1S/C16H18N4O.ClH/c21-16(19-10-12-8-17-9-13(12)11-19)15-6-7-20(18-15)14-4-2-1-3-5-14;/h1-7,12-13,17H,8-11H2;1H/t12-,13+;. The molecule has 0 unspecified atom stereocenters. The Morgan fingerprint density at radius 3 is 2.45 bits per heavy atom. The molecule has 0 spiro atoms. The lowest BCUT2D eigenvalue weighted by Gasteiger charge is -2.15. The summed E-state index contributed by atoms with van der Waals surface area (Å²) in [7, 11) is 0. The Kier molecular flexibility index (Phi) is 4.18. The van der Waals surface area contributed by atoms with Crippen molar-refractivity contribution in [3.63, 3.8) is 0 Å². The van der Waals surface area contributed by atoms with Crippen LogP contribution in [0.25, 0.3) is 5.69 Å². The van der Waals surface area contributed by atoms with Gasteiger partial charge < -0.3 is 10.2 Å². The number of likely N-dealkylation sites (tertiary alicyclic amines) is 1. The van der Waals surface area contributed by atoms with Crippen molar-refractivity contribution in [3.8, 4) is 5.69 Å². The van der Waals surface area contributed by atoms with Gasteiger partial charge in [-0.25, -0.2) is 4.68 Å². The van der Waals surface area contributed by atoms with Crippen molar-refractivity contribution in [2.75, 3.05) is 26.2 Å². The summed E-state index contributed by atoms with van der Waals surface area (Å²) in [6.45, 7) is 3.78. The van der Waals surface area contributed by atoms with Crippen LogP contribution >= 0.6 is 12.4 Å². The SMILES string of the molecule is Cl.O=C(c1ccn(-c2ccccc2)n1)N1C[C@H]2CNC[C@H]2C1. The molecule has 116 valence electrons. The van der Waals surface area contributed by atoms with Gasteiger partial charge in [0.25, 0.3) is 5.91 Å². The number of hydrogen-bond acceptors (Lipinski definition) is 3. The van der Waals surface area contributed by atoms with Crippen LogP contribution in [-0.2, 0) is 0 Å². The molecule has 2 aromatic rings. The predicted octanol–water partition coefficient (Wildman–Crippen LogP) is 1.59. The number of amides is 1. The lowest BCUT2D eigenvalue weighted by atomic mass is 10.0. The van der Waals surface area contributed by atoms with Crippen LogP contribution in [0.3, 0.4) is 0 Å². The van der Waals surface area contributed by atoms with Crippen LogP contribution in [0.4, 0.5) is 0 Å². The highest BCUT2D eigenvalue weighted by molar-refractivity contribution is 5.92. The van der Waals surface area contributed by atoms with Crippen molar-refractivity contribution in [1.82, 2.24) is 20.0 Å². The lowest BCUT2D eigenvalue weighted by Crippen LogP contribution is -2.32. The molecule has 22 heavy (non-hydrogen) atoms. The minimum absolute atomic E-state index is 0. The van der Waals surface area contributed by atoms with E-state index in [1.165, 1.54) is 0 Å². The number of carbonyl (C=O) groups excluding carboxylic acids is 1. The maximum absolute atomic E-state index is 12.6. The van der Waals surface area contributed by atoms with Crippen LogP contribution in [0.2, 0.25) is 0 Å². The third-order valence-electron chi connectivity index (χ3n) is 4.51. The fourth-order valence-corrected chi connectivity index (χ4v) is 3.35. The van der Waals surface area contributed by atoms with E-state index in [2.05, 4.69) is 10.4 Å². The molecule has 1 aromatic carbocycles. The minimum Gasteiger partial charge on any atom is -0.337 e. The van der Waals surface area contributed by atoms with Gasteiger partial charge in [0.1, 0.15) is 0 Å². The zero-order chi connectivity index (χ0) is 14.2. The smallest absolute Gasteiger partial charge is 0.274 e. The summed E-state index contributed by atoms with van der Waals surface area (Å²) in [5, 5.41) is 7.82. The fourth-order valence-electron chi connectivity index (χ4n) is 3.35. The molecule has 2 fully saturated rings. The Hall–Kier alpha value is -1.85. The summed E-state index contributed by atoms with van der Waals surface area (Å²) in [5.41, 5.74) is 1.51. The molecular weight excluding hydrogens is 300 g/mol. The van der Waals surface area contributed by atoms with Crippen LogP contribution in [0.5, 0.6) is 0 Å². The van der Waals surface area contributed by atoms with Crippen molar-refractivity contribution in [2.24, 2.45) is 11.8 Å². The van der Waals surface area contributed by atoms with Gasteiger partial charge in [-0.15, -0.1) is 12.4 Å². The first-order valence-electron chi connectivity index (χ1n) is 7.42. The van der Waals surface area contributed by atoms with E-state index in [1.54, 1.807) is 4.68 Å². The molecule has 0 bridgehead atoms. The first kappa shape index (κ1) is 15.1. The van der Waals surface area contributed by atoms with Gasteiger partial charge in [-0.2, -0.15) is 5.10 Å². The zero-order valence-corrected chi connectivity index (χ0v) is 13.0. The van der Waals surface area contributed by atoms with E-state index in [1.807, 2.05) is 47.5 Å². The van der Waals surface area contributed by atoms with Gasteiger partial charge in [-0.05, 0) is 30.0 Å². The van der Waals surface area contributed by atoms with Crippen molar-refractivity contribution in [1.29, 1.82) is 0 Å². The Labute approximate surface area is 135 Å². The number of nitrogens with one attached hydrogen (secondary N) is 1. The summed E-state index contributed by atoms with van der Waals surface area (Å²) in [4.78, 5) is 14.5. The molecule has 6 heteroatoms. The summed E-state index contributed by atoms with van der Waals surface area (Å²) < 4.78 is 1.76. The van der Waals surface area contributed by atoms with Crippen LogP contribution in [0.15, 0.2) is 42.6 Å². The molecule has 2 aliphatic rings. The second-order valence-corrected chi connectivity index (χ2v) is 5.87. The average Bonchev–Trinajstić information content (AvgIpc) is 3.22. The fraction of sp³-hybridized carbons (Fsp3) is 0.375. The molecule has 5 nitrogen and oxygen atoms in total. The normalized spacial score (nSPS) is 23.2. The molecular formula is C16H19ClN4O. The lowest BCUT2D eigenvalue weighted by molar-refractivity contribution is 0.0775. The molecule has 2 atom stereocenters. The van der Waals surface area contributed by atoms with E-state index in [4.69, 9.17) is 0 Å². The van der Waals surface area contributed by atoms with Crippen LogP contribution in [-0.4, -0.2) is 46.8 Å². The number of nitrogens with zero attached hydrogens (tertiary/aromatic N) is 3. The number of rotatable bonds is 2. The number of carbonyl (C=O) groups is 1. The number of aromatic nitrogens is 2. The van der Waals surface area contributed by atoms with E-state index in [9.17, 15) is 4.79 Å². The molecule has 4 rings (SSSR count). The summed E-state index contributed by atoms with van der Waals surface area (Å²) >= 11 is 0. The highest BCUT2D eigenvalue weighted by atomic mass is 35.5. The van der Waals surface area contributed by atoms with E-state index >= 15 is 0 Å². The van der Waals surface area contributed by atoms with Crippen molar-refractivity contribution in [2.45, 2.75) is 0 Å². The Balaban J connectivity index is 0.00000144. The van der Waals surface area contributed by atoms with Gasteiger partial charge in [0.05, 0.1) is 5.69 Å². The van der Waals surface area contributed by atoms with E-state index < -0.39 is 0 Å². The Morgan fingerprint density at radius 1 is 1.09 bits per heavy atom. The van der Waals surface area contributed by atoms with E-state index in [0.29, 0.717) is 17.5 Å².